The molecule has 150 valence electrons. The van der Waals surface area contributed by atoms with Crippen LogP contribution < -0.4 is 9.62 Å². The molecule has 0 atom stereocenters. The third-order valence-electron chi connectivity index (χ3n) is 4.40. The zero-order valence-electron chi connectivity index (χ0n) is 15.0. The Morgan fingerprint density at radius 3 is 2.61 bits per heavy atom. The van der Waals surface area contributed by atoms with Crippen LogP contribution in [0, 0.1) is 0 Å². The molecule has 3 rings (SSSR count). The molecular weight excluding hydrogens is 395 g/mol. The molecule has 0 bridgehead atoms. The smallest absolute Gasteiger partial charge is 0.315 e. The summed E-state index contributed by atoms with van der Waals surface area (Å²) < 4.78 is 61.8. The molecule has 28 heavy (non-hydrogen) atoms. The summed E-state index contributed by atoms with van der Waals surface area (Å²) in [7, 11) is -2.76. The number of nitrogens with zero attached hydrogens (tertiary/aromatic N) is 2. The van der Waals surface area contributed by atoms with E-state index in [9.17, 15) is 26.4 Å². The molecule has 1 amide bonds. The maximum absolute atomic E-state index is 12.3. The monoisotopic (exact) mass is 413 g/mol. The largest absolute Gasteiger partial charge is 0.404 e. The maximum Gasteiger partial charge on any atom is 0.404 e. The van der Waals surface area contributed by atoms with E-state index in [1.807, 2.05) is 22.9 Å². The Kier molecular flexibility index (Phi) is 5.44. The number of aryl methyl sites for hydroxylation is 1. The van der Waals surface area contributed by atoms with Crippen LogP contribution in [0.1, 0.15) is 17.5 Å². The second-order valence-electron chi connectivity index (χ2n) is 6.57. The number of rotatable bonds is 5. The summed E-state index contributed by atoms with van der Waals surface area (Å²) in [5.41, 5.74) is 3.82. The van der Waals surface area contributed by atoms with Crippen LogP contribution >= 0.6 is 0 Å². The summed E-state index contributed by atoms with van der Waals surface area (Å²) in [5.74, 6) is -1.88. The molecule has 0 saturated heterocycles. The van der Waals surface area contributed by atoms with Crippen molar-refractivity contribution in [1.82, 2.24) is 9.71 Å². The third-order valence-corrected chi connectivity index (χ3v) is 5.69. The Hall–Kier alpha value is -2.46. The number of halogens is 3. The lowest BCUT2D eigenvalue weighted by molar-refractivity contribution is -0.118. The average molecular weight is 413 g/mol. The lowest BCUT2D eigenvalue weighted by atomic mass is 9.96. The first-order chi connectivity index (χ1) is 13.0. The van der Waals surface area contributed by atoms with Crippen molar-refractivity contribution < 1.29 is 26.4 Å². The molecule has 0 unspecified atom stereocenters. The molecule has 0 saturated carbocycles. The Labute approximate surface area is 160 Å². The van der Waals surface area contributed by atoms with Gasteiger partial charge < -0.3 is 4.90 Å². The second-order valence-corrected chi connectivity index (χ2v) is 8.38. The number of nitrogens with one attached hydrogen (secondary N) is 1. The lowest BCUT2D eigenvalue weighted by Gasteiger charge is -2.26. The van der Waals surface area contributed by atoms with Gasteiger partial charge in [0.05, 0.1) is 0 Å². The number of aromatic nitrogens is 1. The summed E-state index contributed by atoms with van der Waals surface area (Å²) in [6.07, 6.45) is -0.774. The van der Waals surface area contributed by atoms with Gasteiger partial charge in [-0.3, -0.25) is 9.78 Å². The first kappa shape index (κ1) is 20.3. The first-order valence-electron chi connectivity index (χ1n) is 8.42. The van der Waals surface area contributed by atoms with Gasteiger partial charge in [-0.25, -0.2) is 13.1 Å². The number of anilines is 1. The molecule has 2 aromatic rings. The molecule has 6 nitrogen and oxygen atoms in total. The normalized spacial score (nSPS) is 14.9. The highest BCUT2D eigenvalue weighted by atomic mass is 32.2. The highest BCUT2D eigenvalue weighted by Crippen LogP contribution is 2.31. The van der Waals surface area contributed by atoms with Crippen molar-refractivity contribution in [2.45, 2.75) is 25.6 Å². The molecule has 0 spiro atoms. The van der Waals surface area contributed by atoms with Crippen molar-refractivity contribution in [3.63, 3.8) is 0 Å². The Balaban J connectivity index is 1.78. The third kappa shape index (κ3) is 4.87. The minimum absolute atomic E-state index is 0.0510. The van der Waals surface area contributed by atoms with Crippen molar-refractivity contribution in [3.8, 4) is 11.1 Å². The van der Waals surface area contributed by atoms with Gasteiger partial charge in [-0.2, -0.15) is 13.2 Å². The van der Waals surface area contributed by atoms with Gasteiger partial charge in [0.1, 0.15) is 0 Å². The fourth-order valence-electron chi connectivity index (χ4n) is 3.04. The molecule has 1 aromatic carbocycles. The molecule has 0 radical (unpaired) electrons. The van der Waals surface area contributed by atoms with E-state index in [0.717, 1.165) is 16.8 Å². The number of benzene rings is 1. The minimum atomic E-state index is -4.80. The molecule has 10 heteroatoms. The molecule has 1 aliphatic heterocycles. The van der Waals surface area contributed by atoms with E-state index in [1.54, 1.807) is 24.2 Å². The van der Waals surface area contributed by atoms with E-state index in [1.165, 1.54) is 6.20 Å². The van der Waals surface area contributed by atoms with Crippen LogP contribution in [0.2, 0.25) is 0 Å². The number of hydrogen-bond donors (Lipinski definition) is 1. The number of carbonyl (C=O) groups is 1. The van der Waals surface area contributed by atoms with Gasteiger partial charge in [0.15, 0.2) is 5.75 Å². The number of sulfonamides is 1. The van der Waals surface area contributed by atoms with E-state index in [4.69, 9.17) is 0 Å². The van der Waals surface area contributed by atoms with Crippen molar-refractivity contribution in [2.24, 2.45) is 0 Å². The maximum atomic E-state index is 12.3. The number of carbonyl (C=O) groups excluding carboxylic acids is 1. The van der Waals surface area contributed by atoms with Crippen molar-refractivity contribution in [2.75, 3.05) is 17.7 Å². The van der Waals surface area contributed by atoms with Gasteiger partial charge >= 0.3 is 6.18 Å². The van der Waals surface area contributed by atoms with Gasteiger partial charge in [0, 0.05) is 43.7 Å². The van der Waals surface area contributed by atoms with Crippen LogP contribution in [0.5, 0.6) is 0 Å². The molecule has 2 heterocycles. The highest BCUT2D eigenvalue weighted by Gasteiger charge is 2.34. The zero-order valence-corrected chi connectivity index (χ0v) is 15.8. The quantitative estimate of drug-likeness (QED) is 0.817. The topological polar surface area (TPSA) is 79.4 Å². The van der Waals surface area contributed by atoms with Gasteiger partial charge in [-0.05, 0) is 41.3 Å². The standard InChI is InChI=1S/C18H18F3N3O3S/c1-24-16-4-2-13(7-14(16)3-5-17(24)25)15-6-12(8-22-10-15)9-23-28(26,27)11-18(19,20)21/h2,4,6-8,10,23H,3,5,9,11H2,1H3. The number of alkyl halides is 3. The highest BCUT2D eigenvalue weighted by molar-refractivity contribution is 7.89. The fourth-order valence-corrected chi connectivity index (χ4v) is 3.96. The summed E-state index contributed by atoms with van der Waals surface area (Å²) in [6, 6.07) is 7.26. The number of pyridine rings is 1. The van der Waals surface area contributed by atoms with Crippen LogP contribution in [0.15, 0.2) is 36.7 Å². The molecule has 1 aromatic heterocycles. The van der Waals surface area contributed by atoms with Gasteiger partial charge in [0.2, 0.25) is 15.9 Å². The van der Waals surface area contributed by atoms with Gasteiger partial charge in [-0.15, -0.1) is 0 Å². The second kappa shape index (κ2) is 7.51. The van der Waals surface area contributed by atoms with Crippen LogP contribution in [-0.2, 0) is 27.8 Å². The van der Waals surface area contributed by atoms with E-state index in [0.29, 0.717) is 24.0 Å². The molecular formula is C18H18F3N3O3S. The van der Waals surface area contributed by atoms with Crippen LogP contribution in [0.4, 0.5) is 18.9 Å². The van der Waals surface area contributed by atoms with Gasteiger partial charge in [-0.1, -0.05) is 6.07 Å². The van der Waals surface area contributed by atoms with Crippen molar-refractivity contribution in [3.05, 3.63) is 47.8 Å². The van der Waals surface area contributed by atoms with Crippen LogP contribution in [0.3, 0.4) is 0 Å². The van der Waals surface area contributed by atoms with E-state index < -0.39 is 22.0 Å². The Morgan fingerprint density at radius 1 is 1.14 bits per heavy atom. The minimum Gasteiger partial charge on any atom is -0.315 e. The van der Waals surface area contributed by atoms with E-state index >= 15 is 0 Å². The molecule has 1 N–H and O–H groups in total. The first-order valence-corrected chi connectivity index (χ1v) is 10.1. The number of fused-ring (bicyclic) bond motifs is 1. The van der Waals surface area contributed by atoms with Crippen molar-refractivity contribution >= 4 is 21.6 Å². The Morgan fingerprint density at radius 2 is 1.89 bits per heavy atom. The molecule has 0 fully saturated rings. The average Bonchev–Trinajstić information content (AvgIpc) is 2.61. The lowest BCUT2D eigenvalue weighted by Crippen LogP contribution is -2.33. The zero-order chi connectivity index (χ0) is 20.5. The summed E-state index contributed by atoms with van der Waals surface area (Å²) >= 11 is 0. The molecule has 0 aliphatic carbocycles. The van der Waals surface area contributed by atoms with Crippen LogP contribution in [-0.4, -0.2) is 38.3 Å². The Bertz CT molecular complexity index is 1010. The van der Waals surface area contributed by atoms with Crippen molar-refractivity contribution in [1.29, 1.82) is 0 Å². The molecule has 1 aliphatic rings. The summed E-state index contributed by atoms with van der Waals surface area (Å²) in [5, 5.41) is 0. The number of hydrogen-bond acceptors (Lipinski definition) is 4. The SMILES string of the molecule is CN1C(=O)CCc2cc(-c3cncc(CNS(=O)(=O)CC(F)(F)F)c3)ccc21. The predicted octanol–water partition coefficient (Wildman–Crippen LogP) is 2.64. The van der Waals surface area contributed by atoms with Crippen LogP contribution in [0.25, 0.3) is 11.1 Å². The summed E-state index contributed by atoms with van der Waals surface area (Å²) in [6.45, 7) is -0.290. The number of amides is 1. The fraction of sp³-hybridized carbons (Fsp3) is 0.333. The predicted molar refractivity (Wildman–Crippen MR) is 98.1 cm³/mol. The van der Waals surface area contributed by atoms with E-state index in [2.05, 4.69) is 4.98 Å². The van der Waals surface area contributed by atoms with Gasteiger partial charge in [0.25, 0.3) is 0 Å². The summed E-state index contributed by atoms with van der Waals surface area (Å²) in [4.78, 5) is 17.4. The van der Waals surface area contributed by atoms with E-state index in [-0.39, 0.29) is 12.5 Å².